The van der Waals surface area contributed by atoms with E-state index in [1.165, 1.54) is 6.07 Å². The van der Waals surface area contributed by atoms with E-state index in [4.69, 9.17) is 4.98 Å². The van der Waals surface area contributed by atoms with E-state index in [1.54, 1.807) is 18.3 Å². The Labute approximate surface area is 162 Å². The molecular weight excluding hydrogens is 357 g/mol. The zero-order chi connectivity index (χ0) is 19.7. The van der Waals surface area contributed by atoms with Gasteiger partial charge in [0.15, 0.2) is 11.5 Å². The first-order valence-corrected chi connectivity index (χ1v) is 9.48. The molecular formula is C20H22FN7. The van der Waals surface area contributed by atoms with Gasteiger partial charge in [0.25, 0.3) is 0 Å². The number of imidazole rings is 1. The maximum absolute atomic E-state index is 13.6. The summed E-state index contributed by atoms with van der Waals surface area (Å²) in [5.41, 5.74) is 3.38. The maximum Gasteiger partial charge on any atom is 0.213 e. The summed E-state index contributed by atoms with van der Waals surface area (Å²) in [7, 11) is 0. The van der Waals surface area contributed by atoms with Crippen molar-refractivity contribution in [1.82, 2.24) is 34.1 Å². The maximum atomic E-state index is 13.6. The molecule has 4 aromatic rings. The predicted octanol–water partition coefficient (Wildman–Crippen LogP) is 3.39. The summed E-state index contributed by atoms with van der Waals surface area (Å²) < 4.78 is 17.5. The molecule has 0 unspecified atom stereocenters. The monoisotopic (exact) mass is 379 g/mol. The van der Waals surface area contributed by atoms with Gasteiger partial charge in [-0.2, -0.15) is 4.39 Å². The molecule has 28 heavy (non-hydrogen) atoms. The van der Waals surface area contributed by atoms with Crippen LogP contribution in [0.3, 0.4) is 0 Å². The van der Waals surface area contributed by atoms with Crippen molar-refractivity contribution in [3.63, 3.8) is 0 Å². The minimum Gasteiger partial charge on any atom is -0.324 e. The van der Waals surface area contributed by atoms with Crippen LogP contribution in [0.4, 0.5) is 4.39 Å². The minimum atomic E-state index is -0.523. The molecule has 0 aliphatic rings. The van der Waals surface area contributed by atoms with Gasteiger partial charge in [-0.25, -0.2) is 15.0 Å². The van der Waals surface area contributed by atoms with Crippen LogP contribution in [0.2, 0.25) is 0 Å². The smallest absolute Gasteiger partial charge is 0.213 e. The van der Waals surface area contributed by atoms with Crippen LogP contribution in [0.1, 0.15) is 43.2 Å². The second-order valence-corrected chi connectivity index (χ2v) is 6.69. The Morgan fingerprint density at radius 2 is 1.96 bits per heavy atom. The van der Waals surface area contributed by atoms with Crippen LogP contribution in [-0.2, 0) is 19.4 Å². The third-order valence-electron chi connectivity index (χ3n) is 4.76. The lowest BCUT2D eigenvalue weighted by molar-refractivity contribution is 0.584. The van der Waals surface area contributed by atoms with Gasteiger partial charge in [-0.05, 0) is 25.5 Å². The molecule has 0 bridgehead atoms. The van der Waals surface area contributed by atoms with Crippen molar-refractivity contribution in [3.8, 4) is 11.5 Å². The van der Waals surface area contributed by atoms with Crippen LogP contribution in [0.25, 0.3) is 17.2 Å². The molecule has 4 aromatic heterocycles. The first-order chi connectivity index (χ1) is 13.6. The highest BCUT2D eigenvalue weighted by Gasteiger charge is 2.18. The summed E-state index contributed by atoms with van der Waals surface area (Å²) >= 11 is 0. The molecule has 0 amide bonds. The van der Waals surface area contributed by atoms with Crippen LogP contribution in [-0.4, -0.2) is 34.1 Å². The van der Waals surface area contributed by atoms with Gasteiger partial charge in [0.05, 0.1) is 12.2 Å². The summed E-state index contributed by atoms with van der Waals surface area (Å²) in [6.45, 7) is 6.68. The van der Waals surface area contributed by atoms with Crippen molar-refractivity contribution in [2.45, 2.75) is 46.6 Å². The van der Waals surface area contributed by atoms with Gasteiger partial charge in [0, 0.05) is 24.4 Å². The molecule has 0 aliphatic heterocycles. The van der Waals surface area contributed by atoms with Crippen LogP contribution >= 0.6 is 0 Å². The molecule has 0 aromatic carbocycles. The molecule has 4 rings (SSSR count). The zero-order valence-electron chi connectivity index (χ0n) is 16.2. The van der Waals surface area contributed by atoms with Gasteiger partial charge in [-0.1, -0.05) is 26.3 Å². The van der Waals surface area contributed by atoms with Crippen molar-refractivity contribution in [1.29, 1.82) is 0 Å². The van der Waals surface area contributed by atoms with Gasteiger partial charge in [0.1, 0.15) is 17.3 Å². The number of aromatic nitrogens is 7. The molecule has 0 saturated carbocycles. The SMILES string of the molecule is CCCc1c(Cn2ccnc2-c2cccc(F)n2)nc(C)n2c(CC)nnc12. The topological polar surface area (TPSA) is 73.8 Å². The predicted molar refractivity (Wildman–Crippen MR) is 103 cm³/mol. The fourth-order valence-corrected chi connectivity index (χ4v) is 3.52. The van der Waals surface area contributed by atoms with Crippen molar-refractivity contribution >= 4 is 5.65 Å². The quantitative estimate of drug-likeness (QED) is 0.480. The summed E-state index contributed by atoms with van der Waals surface area (Å²) in [4.78, 5) is 13.2. The van der Waals surface area contributed by atoms with E-state index in [0.29, 0.717) is 18.1 Å². The zero-order valence-corrected chi connectivity index (χ0v) is 16.2. The normalized spacial score (nSPS) is 11.4. The lowest BCUT2D eigenvalue weighted by Crippen LogP contribution is -2.12. The van der Waals surface area contributed by atoms with E-state index in [0.717, 1.165) is 47.8 Å². The number of pyridine rings is 1. The Morgan fingerprint density at radius 1 is 1.11 bits per heavy atom. The number of hydrogen-bond donors (Lipinski definition) is 0. The first-order valence-electron chi connectivity index (χ1n) is 9.48. The van der Waals surface area contributed by atoms with Gasteiger partial charge in [-0.3, -0.25) is 4.40 Å². The molecule has 7 nitrogen and oxygen atoms in total. The van der Waals surface area contributed by atoms with E-state index in [1.807, 2.05) is 22.1 Å². The molecule has 0 spiro atoms. The van der Waals surface area contributed by atoms with Crippen LogP contribution in [0.15, 0.2) is 30.6 Å². The van der Waals surface area contributed by atoms with Crippen molar-refractivity contribution < 1.29 is 4.39 Å². The average Bonchev–Trinajstić information content (AvgIpc) is 3.32. The number of hydrogen-bond acceptors (Lipinski definition) is 5. The Bertz CT molecular complexity index is 1130. The van der Waals surface area contributed by atoms with E-state index < -0.39 is 5.95 Å². The van der Waals surface area contributed by atoms with E-state index in [9.17, 15) is 4.39 Å². The highest BCUT2D eigenvalue weighted by molar-refractivity contribution is 5.52. The van der Waals surface area contributed by atoms with Gasteiger partial charge in [-0.15, -0.1) is 10.2 Å². The highest BCUT2D eigenvalue weighted by atomic mass is 19.1. The summed E-state index contributed by atoms with van der Waals surface area (Å²) in [6.07, 6.45) is 6.19. The van der Waals surface area contributed by atoms with Gasteiger partial charge < -0.3 is 4.57 Å². The fourth-order valence-electron chi connectivity index (χ4n) is 3.52. The number of rotatable bonds is 6. The summed E-state index contributed by atoms with van der Waals surface area (Å²) in [6, 6.07) is 4.71. The summed E-state index contributed by atoms with van der Waals surface area (Å²) in [5.74, 6) is 1.86. The Kier molecular flexibility index (Phi) is 4.85. The third-order valence-corrected chi connectivity index (χ3v) is 4.76. The molecule has 0 aliphatic carbocycles. The second-order valence-electron chi connectivity index (χ2n) is 6.69. The van der Waals surface area contributed by atoms with E-state index >= 15 is 0 Å². The largest absolute Gasteiger partial charge is 0.324 e. The Morgan fingerprint density at radius 3 is 2.71 bits per heavy atom. The highest BCUT2D eigenvalue weighted by Crippen LogP contribution is 2.22. The molecule has 0 fully saturated rings. The first kappa shape index (κ1) is 18.2. The lowest BCUT2D eigenvalue weighted by atomic mass is 10.1. The van der Waals surface area contributed by atoms with Crippen molar-refractivity contribution in [2.75, 3.05) is 0 Å². The molecule has 0 atom stereocenters. The van der Waals surface area contributed by atoms with Gasteiger partial charge >= 0.3 is 0 Å². The number of nitrogens with zero attached hydrogens (tertiary/aromatic N) is 7. The Balaban J connectivity index is 1.81. The van der Waals surface area contributed by atoms with Crippen LogP contribution < -0.4 is 0 Å². The molecule has 144 valence electrons. The van der Waals surface area contributed by atoms with Gasteiger partial charge in [0.2, 0.25) is 5.95 Å². The molecule has 0 saturated heterocycles. The molecule has 4 heterocycles. The van der Waals surface area contributed by atoms with E-state index in [-0.39, 0.29) is 0 Å². The Hall–Kier alpha value is -3.16. The molecule has 0 N–H and O–H groups in total. The van der Waals surface area contributed by atoms with Crippen LogP contribution in [0, 0.1) is 12.9 Å². The standard InChI is InChI=1S/C20H22FN7/c1-4-7-14-16(23-13(3)28-18(5-2)25-26-19(14)28)12-27-11-10-22-20(27)15-8-6-9-17(21)24-15/h6,8-11H,4-5,7,12H2,1-3H3. The molecule has 0 radical (unpaired) electrons. The van der Waals surface area contributed by atoms with E-state index in [2.05, 4.69) is 34.0 Å². The second kappa shape index (κ2) is 7.46. The van der Waals surface area contributed by atoms with Crippen LogP contribution in [0.5, 0.6) is 0 Å². The molecule has 8 heteroatoms. The number of halogens is 1. The summed E-state index contributed by atoms with van der Waals surface area (Å²) in [5, 5.41) is 8.77. The fraction of sp³-hybridized carbons (Fsp3) is 0.350. The average molecular weight is 379 g/mol. The number of fused-ring (bicyclic) bond motifs is 1. The van der Waals surface area contributed by atoms with Crippen molar-refractivity contribution in [2.24, 2.45) is 0 Å². The third kappa shape index (κ3) is 3.15. The van der Waals surface area contributed by atoms with Crippen molar-refractivity contribution in [3.05, 3.63) is 59.4 Å². The minimum absolute atomic E-state index is 0.496. The lowest BCUT2D eigenvalue weighted by Gasteiger charge is -2.14. The number of aryl methyl sites for hydroxylation is 3.